The summed E-state index contributed by atoms with van der Waals surface area (Å²) in [6, 6.07) is 0. The molecule has 0 rings (SSSR count). The smallest absolute Gasteiger partial charge is 0.0426 e. The quantitative estimate of drug-likeness (QED) is 0.578. The lowest BCUT2D eigenvalue weighted by atomic mass is 10.3. The SMILES string of the molecule is C.C.C=CN(CC(=C)C)C(=C)C. The fraction of sp³-hybridized carbons (Fsp3) is 0.455. The molecule has 0 radical (unpaired) electrons. The molecule has 1 heteroatoms. The Hall–Kier alpha value is -0.980. The lowest BCUT2D eigenvalue weighted by Crippen LogP contribution is -2.15. The predicted molar refractivity (Wildman–Crippen MR) is 60.0 cm³/mol. The number of rotatable bonds is 4. The van der Waals surface area contributed by atoms with E-state index in [0.717, 1.165) is 17.8 Å². The molecule has 0 aromatic rings. The van der Waals surface area contributed by atoms with Gasteiger partial charge in [0.05, 0.1) is 0 Å². The van der Waals surface area contributed by atoms with E-state index in [9.17, 15) is 0 Å². The summed E-state index contributed by atoms with van der Waals surface area (Å²) < 4.78 is 0. The molecule has 0 atom stereocenters. The van der Waals surface area contributed by atoms with Crippen LogP contribution in [0.5, 0.6) is 0 Å². The Morgan fingerprint density at radius 3 is 1.75 bits per heavy atom. The van der Waals surface area contributed by atoms with Gasteiger partial charge in [-0.25, -0.2) is 0 Å². The molecule has 0 aromatic carbocycles. The topological polar surface area (TPSA) is 3.24 Å². The van der Waals surface area contributed by atoms with Crippen LogP contribution < -0.4 is 0 Å². The normalized spacial score (nSPS) is 7.17. The highest BCUT2D eigenvalue weighted by molar-refractivity contribution is 5.02. The molecule has 0 heterocycles. The van der Waals surface area contributed by atoms with Crippen molar-refractivity contribution in [2.24, 2.45) is 0 Å². The Morgan fingerprint density at radius 2 is 1.67 bits per heavy atom. The number of nitrogens with zero attached hydrogens (tertiary/aromatic N) is 1. The summed E-state index contributed by atoms with van der Waals surface area (Å²) in [6.45, 7) is 16.0. The Labute approximate surface area is 78.1 Å². The van der Waals surface area contributed by atoms with Gasteiger partial charge in [0.15, 0.2) is 0 Å². The van der Waals surface area contributed by atoms with Crippen molar-refractivity contribution < 1.29 is 0 Å². The Morgan fingerprint density at radius 1 is 1.25 bits per heavy atom. The maximum Gasteiger partial charge on any atom is 0.0426 e. The summed E-state index contributed by atoms with van der Waals surface area (Å²) >= 11 is 0. The Bertz CT molecular complexity index is 156. The van der Waals surface area contributed by atoms with Crippen molar-refractivity contribution in [3.8, 4) is 0 Å². The molecule has 0 bridgehead atoms. The molecule has 72 valence electrons. The van der Waals surface area contributed by atoms with Crippen LogP contribution in [0.2, 0.25) is 0 Å². The first-order valence-corrected chi connectivity index (χ1v) is 3.27. The minimum atomic E-state index is 0. The maximum atomic E-state index is 3.79. The highest BCUT2D eigenvalue weighted by Gasteiger charge is 1.96. The van der Waals surface area contributed by atoms with E-state index in [2.05, 4.69) is 19.7 Å². The minimum absolute atomic E-state index is 0. The third kappa shape index (κ3) is 7.13. The van der Waals surface area contributed by atoms with Crippen LogP contribution in [0.25, 0.3) is 0 Å². The Balaban J connectivity index is -0.000000405. The summed E-state index contributed by atoms with van der Waals surface area (Å²) in [6.07, 6.45) is 1.76. The van der Waals surface area contributed by atoms with Gasteiger partial charge in [-0.2, -0.15) is 0 Å². The van der Waals surface area contributed by atoms with Gasteiger partial charge in [0.2, 0.25) is 0 Å². The van der Waals surface area contributed by atoms with E-state index in [1.165, 1.54) is 0 Å². The summed E-state index contributed by atoms with van der Waals surface area (Å²) in [7, 11) is 0. The maximum absolute atomic E-state index is 3.79. The van der Waals surface area contributed by atoms with E-state index >= 15 is 0 Å². The van der Waals surface area contributed by atoms with Gasteiger partial charge in [-0.05, 0) is 20.0 Å². The molecule has 0 saturated carbocycles. The van der Waals surface area contributed by atoms with Crippen molar-refractivity contribution in [1.29, 1.82) is 0 Å². The number of allylic oxidation sites excluding steroid dienone is 1. The molecule has 0 fully saturated rings. The molecule has 0 aliphatic rings. The Kier molecular flexibility index (Phi) is 11.6. The summed E-state index contributed by atoms with van der Waals surface area (Å²) in [5.74, 6) is 0. The predicted octanol–water partition coefficient (Wildman–Crippen LogP) is 3.81. The molecule has 0 aliphatic carbocycles. The highest BCUT2D eigenvalue weighted by atomic mass is 15.1. The van der Waals surface area contributed by atoms with Crippen molar-refractivity contribution in [2.45, 2.75) is 28.7 Å². The average molecular weight is 169 g/mol. The highest BCUT2D eigenvalue weighted by Crippen LogP contribution is 2.03. The van der Waals surface area contributed by atoms with Gasteiger partial charge in [0.25, 0.3) is 0 Å². The first-order valence-electron chi connectivity index (χ1n) is 3.27. The van der Waals surface area contributed by atoms with Gasteiger partial charge in [-0.1, -0.05) is 40.2 Å². The minimum Gasteiger partial charge on any atom is -0.349 e. The summed E-state index contributed by atoms with van der Waals surface area (Å²) in [4.78, 5) is 1.96. The van der Waals surface area contributed by atoms with Crippen LogP contribution in [0.3, 0.4) is 0 Å². The van der Waals surface area contributed by atoms with Crippen molar-refractivity contribution >= 4 is 0 Å². The summed E-state index contributed by atoms with van der Waals surface area (Å²) in [5, 5.41) is 0. The molecule has 0 aromatic heterocycles. The molecule has 1 nitrogen and oxygen atoms in total. The van der Waals surface area contributed by atoms with Crippen LogP contribution in [0.1, 0.15) is 28.7 Å². The molecule has 0 amide bonds. The molecule has 0 unspecified atom stereocenters. The van der Waals surface area contributed by atoms with E-state index in [1.54, 1.807) is 6.20 Å². The zero-order valence-electron chi connectivity index (χ0n) is 6.85. The standard InChI is InChI=1S/C9H15N.2CH4/c1-6-10(9(4)5)7-8(2)3;;/h6H,1-2,4,7H2,3,5H3;2*1H4. The fourth-order valence-electron chi connectivity index (χ4n) is 0.646. The second kappa shape index (κ2) is 8.12. The van der Waals surface area contributed by atoms with E-state index < -0.39 is 0 Å². The van der Waals surface area contributed by atoms with Crippen LogP contribution in [0.4, 0.5) is 0 Å². The van der Waals surface area contributed by atoms with Crippen molar-refractivity contribution in [1.82, 2.24) is 4.90 Å². The van der Waals surface area contributed by atoms with Gasteiger partial charge in [0.1, 0.15) is 0 Å². The van der Waals surface area contributed by atoms with Crippen LogP contribution in [0.15, 0.2) is 37.2 Å². The molecule has 12 heavy (non-hydrogen) atoms. The van der Waals surface area contributed by atoms with Gasteiger partial charge >= 0.3 is 0 Å². The monoisotopic (exact) mass is 169 g/mol. The van der Waals surface area contributed by atoms with E-state index in [4.69, 9.17) is 0 Å². The van der Waals surface area contributed by atoms with Crippen LogP contribution in [0, 0.1) is 0 Å². The number of hydrogen-bond acceptors (Lipinski definition) is 1. The van der Waals surface area contributed by atoms with Gasteiger partial charge in [0, 0.05) is 12.2 Å². The van der Waals surface area contributed by atoms with Gasteiger partial charge < -0.3 is 4.90 Å². The van der Waals surface area contributed by atoms with Crippen molar-refractivity contribution in [2.75, 3.05) is 6.54 Å². The van der Waals surface area contributed by atoms with Crippen molar-refractivity contribution in [3.05, 3.63) is 37.2 Å². The summed E-state index contributed by atoms with van der Waals surface area (Å²) in [5.41, 5.74) is 2.11. The molecule has 0 saturated heterocycles. The number of hydrogen-bond donors (Lipinski definition) is 0. The third-order valence-corrected chi connectivity index (χ3v) is 1.15. The van der Waals surface area contributed by atoms with Crippen LogP contribution in [-0.2, 0) is 0 Å². The van der Waals surface area contributed by atoms with Gasteiger partial charge in [-0.15, -0.1) is 0 Å². The average Bonchev–Trinajstić information content (AvgIpc) is 1.81. The second-order valence-electron chi connectivity index (χ2n) is 2.50. The van der Waals surface area contributed by atoms with Crippen LogP contribution >= 0.6 is 0 Å². The van der Waals surface area contributed by atoms with Crippen LogP contribution in [-0.4, -0.2) is 11.4 Å². The zero-order chi connectivity index (χ0) is 8.15. The van der Waals surface area contributed by atoms with E-state index in [0.29, 0.717) is 0 Å². The third-order valence-electron chi connectivity index (χ3n) is 1.15. The molecular formula is C11H23N. The van der Waals surface area contributed by atoms with Crippen molar-refractivity contribution in [3.63, 3.8) is 0 Å². The molecule has 0 spiro atoms. The molecule has 0 N–H and O–H groups in total. The van der Waals surface area contributed by atoms with E-state index in [1.807, 2.05) is 18.7 Å². The zero-order valence-corrected chi connectivity index (χ0v) is 6.85. The largest absolute Gasteiger partial charge is 0.349 e. The lowest BCUT2D eigenvalue weighted by Gasteiger charge is -2.19. The lowest BCUT2D eigenvalue weighted by molar-refractivity contribution is 0.509. The molecule has 0 aliphatic heterocycles. The fourth-order valence-corrected chi connectivity index (χ4v) is 0.646. The first-order chi connectivity index (χ1) is 4.57. The second-order valence-corrected chi connectivity index (χ2v) is 2.50. The van der Waals surface area contributed by atoms with E-state index in [-0.39, 0.29) is 14.9 Å². The molecular weight excluding hydrogens is 146 g/mol. The first kappa shape index (κ1) is 17.2. The van der Waals surface area contributed by atoms with Gasteiger partial charge in [-0.3, -0.25) is 0 Å².